The highest BCUT2D eigenvalue weighted by molar-refractivity contribution is 5.69. The average Bonchev–Trinajstić information content (AvgIpc) is 3.25. The van der Waals surface area contributed by atoms with Gasteiger partial charge >= 0.3 is 5.97 Å². The van der Waals surface area contributed by atoms with Gasteiger partial charge in [0.15, 0.2) is 12.6 Å². The van der Waals surface area contributed by atoms with E-state index in [0.29, 0.717) is 13.0 Å². The summed E-state index contributed by atoms with van der Waals surface area (Å²) in [6.07, 6.45) is 20.7. The zero-order chi connectivity index (χ0) is 44.5. The lowest BCUT2D eigenvalue weighted by molar-refractivity contribution is -0.332. The Balaban J connectivity index is 1.82. The number of aliphatic hydroxyl groups excluding tert-OH is 7. The fourth-order valence-corrected chi connectivity index (χ4v) is 7.20. The van der Waals surface area contributed by atoms with E-state index in [-0.39, 0.29) is 19.6 Å². The molecule has 7 N–H and O–H groups in total. The van der Waals surface area contributed by atoms with Crippen molar-refractivity contribution in [2.45, 2.75) is 223 Å². The molecule has 356 valence electrons. The standard InChI is InChI=1S/C47H84O14/c1-3-5-7-9-11-13-15-17-19-21-23-25-27-29-31-56-33-36(59-39(49)30-28-26-24-22-20-18-16-14-12-10-8-6-4-2)34-57-46-45(55)43(53)41(51)38(61-46)35-58-47-44(54)42(52)40(50)37(32-48)60-47/h7,9,13-16,36-38,40-48,50-55H,3-6,8,10-12,17-35H2,1-2H3/b9-7-,15-13-,16-14-. The first-order valence-corrected chi connectivity index (χ1v) is 23.6. The van der Waals surface area contributed by atoms with Crippen LogP contribution in [-0.4, -0.2) is 142 Å². The van der Waals surface area contributed by atoms with Crippen LogP contribution in [-0.2, 0) is 33.2 Å². The third-order valence-electron chi connectivity index (χ3n) is 11.1. The molecule has 0 amide bonds. The van der Waals surface area contributed by atoms with Gasteiger partial charge in [0, 0.05) is 13.0 Å². The summed E-state index contributed by atoms with van der Waals surface area (Å²) in [5, 5.41) is 71.9. The number of unbranched alkanes of at least 4 members (excludes halogenated alkanes) is 16. The summed E-state index contributed by atoms with van der Waals surface area (Å²) in [5.74, 6) is -0.391. The Bertz CT molecular complexity index is 1150. The summed E-state index contributed by atoms with van der Waals surface area (Å²) < 4.78 is 34.1. The molecule has 0 spiro atoms. The minimum atomic E-state index is -1.71. The molecule has 0 aromatic carbocycles. The molecule has 14 nitrogen and oxygen atoms in total. The van der Waals surface area contributed by atoms with Gasteiger partial charge in [-0.05, 0) is 64.2 Å². The number of hydrogen-bond donors (Lipinski definition) is 7. The van der Waals surface area contributed by atoms with Crippen LogP contribution in [0.25, 0.3) is 0 Å². The third kappa shape index (κ3) is 24.2. The smallest absolute Gasteiger partial charge is 0.306 e. The van der Waals surface area contributed by atoms with Crippen molar-refractivity contribution in [2.75, 3.05) is 33.0 Å². The van der Waals surface area contributed by atoms with Crippen molar-refractivity contribution >= 4 is 5.97 Å². The molecule has 11 atom stereocenters. The number of esters is 1. The van der Waals surface area contributed by atoms with Gasteiger partial charge in [0.25, 0.3) is 0 Å². The molecule has 61 heavy (non-hydrogen) atoms. The second-order valence-electron chi connectivity index (χ2n) is 16.6. The highest BCUT2D eigenvalue weighted by Crippen LogP contribution is 2.26. The second-order valence-corrected chi connectivity index (χ2v) is 16.6. The average molecular weight is 873 g/mol. The van der Waals surface area contributed by atoms with E-state index < -0.39 is 86.7 Å². The molecule has 2 saturated heterocycles. The van der Waals surface area contributed by atoms with E-state index in [1.165, 1.54) is 44.9 Å². The van der Waals surface area contributed by atoms with Crippen LogP contribution in [0.15, 0.2) is 36.5 Å². The molecule has 11 unspecified atom stereocenters. The molecule has 0 bridgehead atoms. The molecule has 2 heterocycles. The van der Waals surface area contributed by atoms with Crippen molar-refractivity contribution in [3.8, 4) is 0 Å². The van der Waals surface area contributed by atoms with E-state index in [0.717, 1.165) is 83.5 Å². The zero-order valence-corrected chi connectivity index (χ0v) is 37.4. The molecule has 0 aromatic heterocycles. The number of hydrogen-bond acceptors (Lipinski definition) is 14. The van der Waals surface area contributed by atoms with Gasteiger partial charge < -0.3 is 64.2 Å². The van der Waals surface area contributed by atoms with Crippen molar-refractivity contribution in [1.82, 2.24) is 0 Å². The summed E-state index contributed by atoms with van der Waals surface area (Å²) in [6, 6.07) is 0. The van der Waals surface area contributed by atoms with Gasteiger partial charge in [0.05, 0.1) is 26.4 Å². The summed E-state index contributed by atoms with van der Waals surface area (Å²) in [4.78, 5) is 12.9. The lowest BCUT2D eigenvalue weighted by atomic mass is 9.98. The predicted molar refractivity (Wildman–Crippen MR) is 233 cm³/mol. The molecule has 2 aliphatic rings. The predicted octanol–water partition coefficient (Wildman–Crippen LogP) is 5.85. The van der Waals surface area contributed by atoms with E-state index in [1.54, 1.807) is 0 Å². The zero-order valence-electron chi connectivity index (χ0n) is 37.4. The normalized spacial score (nSPS) is 27.8. The van der Waals surface area contributed by atoms with Gasteiger partial charge in [0.2, 0.25) is 0 Å². The Morgan fingerprint density at radius 3 is 1.66 bits per heavy atom. The number of aliphatic hydroxyl groups is 7. The summed E-state index contributed by atoms with van der Waals surface area (Å²) in [5.41, 5.74) is 0. The summed E-state index contributed by atoms with van der Waals surface area (Å²) >= 11 is 0. The highest BCUT2D eigenvalue weighted by atomic mass is 16.7. The van der Waals surface area contributed by atoms with E-state index in [4.69, 9.17) is 28.4 Å². The fourth-order valence-electron chi connectivity index (χ4n) is 7.20. The van der Waals surface area contributed by atoms with Crippen LogP contribution in [0.4, 0.5) is 0 Å². The van der Waals surface area contributed by atoms with Gasteiger partial charge in [-0.2, -0.15) is 0 Å². The Morgan fingerprint density at radius 2 is 1.05 bits per heavy atom. The third-order valence-corrected chi connectivity index (χ3v) is 11.1. The van der Waals surface area contributed by atoms with E-state index in [2.05, 4.69) is 50.3 Å². The highest BCUT2D eigenvalue weighted by Gasteiger charge is 2.47. The van der Waals surface area contributed by atoms with Crippen molar-refractivity contribution in [2.24, 2.45) is 0 Å². The van der Waals surface area contributed by atoms with Crippen molar-refractivity contribution in [1.29, 1.82) is 0 Å². The van der Waals surface area contributed by atoms with Crippen molar-refractivity contribution in [3.05, 3.63) is 36.5 Å². The number of rotatable bonds is 36. The molecule has 2 rings (SSSR count). The molecule has 0 aromatic rings. The van der Waals surface area contributed by atoms with Gasteiger partial charge in [-0.3, -0.25) is 4.79 Å². The first kappa shape index (κ1) is 55.3. The SMILES string of the molecule is CCC/C=C\C/C=C\CCCCCCCCOCC(COC1OC(COC2OC(CO)C(O)C(O)C2O)C(O)C(O)C1O)OC(=O)CCCCCCC/C=C\CCCCCC. The maximum atomic E-state index is 12.9. The van der Waals surface area contributed by atoms with Crippen LogP contribution in [0.2, 0.25) is 0 Å². The fraction of sp³-hybridized carbons (Fsp3) is 0.851. The number of ether oxygens (including phenoxy) is 6. The van der Waals surface area contributed by atoms with Crippen LogP contribution in [0.5, 0.6) is 0 Å². The minimum absolute atomic E-state index is 0.0511. The molecular formula is C47H84O14. The first-order valence-electron chi connectivity index (χ1n) is 23.6. The first-order chi connectivity index (χ1) is 29.6. The second kappa shape index (κ2) is 35.5. The van der Waals surface area contributed by atoms with Crippen molar-refractivity contribution in [3.63, 3.8) is 0 Å². The van der Waals surface area contributed by atoms with Gasteiger partial charge in [0.1, 0.15) is 54.9 Å². The number of allylic oxidation sites excluding steroid dienone is 6. The number of carbonyl (C=O) groups is 1. The van der Waals surface area contributed by atoms with Crippen LogP contribution >= 0.6 is 0 Å². The van der Waals surface area contributed by atoms with Crippen LogP contribution < -0.4 is 0 Å². The molecular weight excluding hydrogens is 789 g/mol. The molecule has 2 aliphatic heterocycles. The van der Waals surface area contributed by atoms with Crippen LogP contribution in [0.1, 0.15) is 155 Å². The minimum Gasteiger partial charge on any atom is -0.457 e. The number of carbonyl (C=O) groups excluding carboxylic acids is 1. The molecule has 0 saturated carbocycles. The lowest BCUT2D eigenvalue weighted by Crippen LogP contribution is -2.61. The lowest BCUT2D eigenvalue weighted by Gasteiger charge is -2.42. The van der Waals surface area contributed by atoms with Gasteiger partial charge in [-0.25, -0.2) is 0 Å². The summed E-state index contributed by atoms with van der Waals surface area (Å²) in [7, 11) is 0. The molecule has 2 fully saturated rings. The quantitative estimate of drug-likeness (QED) is 0.0224. The maximum Gasteiger partial charge on any atom is 0.306 e. The molecule has 14 heteroatoms. The summed E-state index contributed by atoms with van der Waals surface area (Å²) in [6.45, 7) is 3.55. The monoisotopic (exact) mass is 873 g/mol. The Labute approximate surface area is 366 Å². The van der Waals surface area contributed by atoms with E-state index in [1.807, 2.05) is 0 Å². The molecule has 0 aliphatic carbocycles. The maximum absolute atomic E-state index is 12.9. The van der Waals surface area contributed by atoms with E-state index in [9.17, 15) is 40.5 Å². The van der Waals surface area contributed by atoms with E-state index >= 15 is 0 Å². The Morgan fingerprint density at radius 1 is 0.541 bits per heavy atom. The van der Waals surface area contributed by atoms with Crippen molar-refractivity contribution < 1.29 is 69.0 Å². The topological polar surface area (TPSA) is 214 Å². The van der Waals surface area contributed by atoms with Gasteiger partial charge in [-0.1, -0.05) is 121 Å². The molecule has 0 radical (unpaired) electrons. The van der Waals surface area contributed by atoms with Crippen LogP contribution in [0.3, 0.4) is 0 Å². The Hall–Kier alpha value is -1.79. The Kier molecular flexibility index (Phi) is 32.2. The van der Waals surface area contributed by atoms with Crippen LogP contribution in [0, 0.1) is 0 Å². The largest absolute Gasteiger partial charge is 0.457 e. The van der Waals surface area contributed by atoms with Gasteiger partial charge in [-0.15, -0.1) is 0 Å².